The first kappa shape index (κ1) is 13.6. The summed E-state index contributed by atoms with van der Waals surface area (Å²) in [5.41, 5.74) is 2.26. The van der Waals surface area contributed by atoms with Gasteiger partial charge in [0.15, 0.2) is 0 Å². The van der Waals surface area contributed by atoms with E-state index in [1.165, 1.54) is 0 Å². The minimum atomic E-state index is 0.328. The number of alkyl halides is 1. The minimum absolute atomic E-state index is 0.328. The summed E-state index contributed by atoms with van der Waals surface area (Å²) in [6.45, 7) is 6.25. The van der Waals surface area contributed by atoms with Crippen molar-refractivity contribution >= 4 is 17.4 Å². The Hall–Kier alpha value is -0.800. The number of methoxy groups -OCH3 is 1. The zero-order valence-corrected chi connectivity index (χ0v) is 12.1. The fourth-order valence-electron chi connectivity index (χ4n) is 2.26. The fourth-order valence-corrected chi connectivity index (χ4v) is 2.41. The normalized spacial score (nSPS) is 19.8. The number of rotatable bonds is 4. The van der Waals surface area contributed by atoms with E-state index >= 15 is 0 Å². The van der Waals surface area contributed by atoms with E-state index in [1.54, 1.807) is 7.11 Å². The monoisotopic (exact) mass is 268 g/mol. The molecule has 1 saturated heterocycles. The van der Waals surface area contributed by atoms with E-state index in [0.29, 0.717) is 17.9 Å². The quantitative estimate of drug-likeness (QED) is 0.785. The van der Waals surface area contributed by atoms with Gasteiger partial charge >= 0.3 is 0 Å². The molecule has 18 heavy (non-hydrogen) atoms. The molecule has 0 saturated carbocycles. The van der Waals surface area contributed by atoms with E-state index in [1.807, 2.05) is 0 Å². The van der Waals surface area contributed by atoms with Gasteiger partial charge in [-0.2, -0.15) is 0 Å². The summed E-state index contributed by atoms with van der Waals surface area (Å²) < 4.78 is 5.40. The van der Waals surface area contributed by atoms with Gasteiger partial charge < -0.3 is 9.64 Å². The first-order chi connectivity index (χ1) is 8.63. The van der Waals surface area contributed by atoms with Gasteiger partial charge in [0.1, 0.15) is 5.82 Å². The van der Waals surface area contributed by atoms with Gasteiger partial charge in [-0.25, -0.2) is 4.98 Å². The van der Waals surface area contributed by atoms with Crippen molar-refractivity contribution in [3.63, 3.8) is 0 Å². The smallest absolute Gasteiger partial charge is 0.129 e. The van der Waals surface area contributed by atoms with Crippen molar-refractivity contribution in [3.05, 3.63) is 23.4 Å². The Morgan fingerprint density at radius 1 is 1.50 bits per heavy atom. The van der Waals surface area contributed by atoms with Crippen LogP contribution in [0.1, 0.15) is 37.4 Å². The number of anilines is 1. The number of nitrogens with zero attached hydrogens (tertiary/aromatic N) is 2. The van der Waals surface area contributed by atoms with Crippen molar-refractivity contribution in [1.29, 1.82) is 0 Å². The molecule has 0 aliphatic carbocycles. The van der Waals surface area contributed by atoms with Crippen LogP contribution in [0.3, 0.4) is 0 Å². The van der Waals surface area contributed by atoms with E-state index in [4.69, 9.17) is 21.3 Å². The Balaban J connectivity index is 2.24. The van der Waals surface area contributed by atoms with Crippen LogP contribution in [-0.4, -0.2) is 31.3 Å². The first-order valence-electron chi connectivity index (χ1n) is 6.48. The Morgan fingerprint density at radius 2 is 2.28 bits per heavy atom. The van der Waals surface area contributed by atoms with E-state index in [0.717, 1.165) is 36.6 Å². The van der Waals surface area contributed by atoms with Crippen molar-refractivity contribution < 1.29 is 4.74 Å². The minimum Gasteiger partial charge on any atom is -0.380 e. The van der Waals surface area contributed by atoms with Crippen molar-refractivity contribution in [3.8, 4) is 0 Å². The molecule has 1 aromatic heterocycles. The largest absolute Gasteiger partial charge is 0.380 e. The van der Waals surface area contributed by atoms with Gasteiger partial charge in [-0.1, -0.05) is 13.8 Å². The summed E-state index contributed by atoms with van der Waals surface area (Å²) in [6.07, 6.45) is 1.40. The van der Waals surface area contributed by atoms with Crippen LogP contribution in [0.15, 0.2) is 12.1 Å². The number of pyridine rings is 1. The number of hydrogen-bond acceptors (Lipinski definition) is 3. The summed E-state index contributed by atoms with van der Waals surface area (Å²) in [5, 5.41) is 0. The van der Waals surface area contributed by atoms with Crippen LogP contribution in [0, 0.1) is 0 Å². The van der Waals surface area contributed by atoms with Gasteiger partial charge in [-0.15, -0.1) is 11.6 Å². The van der Waals surface area contributed by atoms with Gasteiger partial charge in [0.2, 0.25) is 0 Å². The highest BCUT2D eigenvalue weighted by Crippen LogP contribution is 2.24. The molecular weight excluding hydrogens is 248 g/mol. The third kappa shape index (κ3) is 2.96. The molecule has 0 radical (unpaired) electrons. The van der Waals surface area contributed by atoms with Crippen molar-refractivity contribution in [2.45, 2.75) is 38.2 Å². The molecule has 4 heteroatoms. The highest BCUT2D eigenvalue weighted by atomic mass is 35.5. The Kier molecular flexibility index (Phi) is 4.46. The molecule has 0 bridgehead atoms. The maximum atomic E-state index is 5.97. The molecule has 1 fully saturated rings. The molecule has 2 heterocycles. The number of hydrogen-bond donors (Lipinski definition) is 0. The summed E-state index contributed by atoms with van der Waals surface area (Å²) in [7, 11) is 1.77. The molecule has 0 spiro atoms. The fraction of sp³-hybridized carbons (Fsp3) is 0.643. The molecule has 0 amide bonds. The zero-order valence-electron chi connectivity index (χ0n) is 11.3. The van der Waals surface area contributed by atoms with E-state index < -0.39 is 0 Å². The van der Waals surface area contributed by atoms with Crippen molar-refractivity contribution in [2.24, 2.45) is 0 Å². The predicted molar refractivity (Wildman–Crippen MR) is 75.5 cm³/mol. The Labute approximate surface area is 114 Å². The molecule has 1 atom stereocenters. The van der Waals surface area contributed by atoms with Gasteiger partial charge in [-0.3, -0.25) is 0 Å². The van der Waals surface area contributed by atoms with Crippen LogP contribution < -0.4 is 4.90 Å². The number of ether oxygens (including phenoxy) is 1. The van der Waals surface area contributed by atoms with Crippen LogP contribution >= 0.6 is 11.6 Å². The molecule has 0 aromatic carbocycles. The second-order valence-electron chi connectivity index (χ2n) is 5.14. The Bertz CT molecular complexity index is 409. The second kappa shape index (κ2) is 5.89. The van der Waals surface area contributed by atoms with Gasteiger partial charge in [-0.05, 0) is 30.0 Å². The Morgan fingerprint density at radius 3 is 2.83 bits per heavy atom. The maximum Gasteiger partial charge on any atom is 0.129 e. The molecule has 100 valence electrons. The topological polar surface area (TPSA) is 25.4 Å². The average Bonchev–Trinajstić information content (AvgIpc) is 2.86. The molecule has 1 aromatic rings. The second-order valence-corrected chi connectivity index (χ2v) is 5.41. The summed E-state index contributed by atoms with van der Waals surface area (Å²) in [6, 6.07) is 4.20. The molecule has 2 rings (SSSR count). The van der Waals surface area contributed by atoms with Crippen molar-refractivity contribution in [1.82, 2.24) is 4.98 Å². The molecule has 1 unspecified atom stereocenters. The summed E-state index contributed by atoms with van der Waals surface area (Å²) >= 11 is 5.97. The molecular formula is C14H21ClN2O. The van der Waals surface area contributed by atoms with E-state index in [2.05, 4.69) is 30.9 Å². The van der Waals surface area contributed by atoms with Crippen molar-refractivity contribution in [2.75, 3.05) is 25.1 Å². The lowest BCUT2D eigenvalue weighted by Gasteiger charge is -2.19. The van der Waals surface area contributed by atoms with Crippen LogP contribution in [0.25, 0.3) is 0 Å². The van der Waals surface area contributed by atoms with Crippen LogP contribution in [0.2, 0.25) is 0 Å². The average molecular weight is 269 g/mol. The lowest BCUT2D eigenvalue weighted by molar-refractivity contribution is 0.121. The molecule has 1 aliphatic rings. The standard InChI is InChI=1S/C14H21ClN2O/c1-10(2)13-6-11(8-15)7-14(16-13)17-5-4-12(9-17)18-3/h6-7,10,12H,4-5,8-9H2,1-3H3. The van der Waals surface area contributed by atoms with Crippen LogP contribution in [0.4, 0.5) is 5.82 Å². The summed E-state index contributed by atoms with van der Waals surface area (Å²) in [5.74, 6) is 2.00. The molecule has 1 aliphatic heterocycles. The predicted octanol–water partition coefficient (Wildman–Crippen LogP) is 3.17. The SMILES string of the molecule is COC1CCN(c2cc(CCl)cc(C(C)C)n2)C1. The third-order valence-corrected chi connectivity index (χ3v) is 3.75. The third-order valence-electron chi connectivity index (χ3n) is 3.44. The maximum absolute atomic E-state index is 5.97. The highest BCUT2D eigenvalue weighted by Gasteiger charge is 2.23. The van der Waals surface area contributed by atoms with E-state index in [-0.39, 0.29) is 0 Å². The molecule has 3 nitrogen and oxygen atoms in total. The first-order valence-corrected chi connectivity index (χ1v) is 7.02. The van der Waals surface area contributed by atoms with Gasteiger partial charge in [0.05, 0.1) is 6.10 Å². The van der Waals surface area contributed by atoms with Crippen LogP contribution in [-0.2, 0) is 10.6 Å². The zero-order chi connectivity index (χ0) is 13.1. The van der Waals surface area contributed by atoms with Gasteiger partial charge in [0.25, 0.3) is 0 Å². The highest BCUT2D eigenvalue weighted by molar-refractivity contribution is 6.17. The van der Waals surface area contributed by atoms with E-state index in [9.17, 15) is 0 Å². The number of halogens is 1. The molecule has 0 N–H and O–H groups in total. The lowest BCUT2D eigenvalue weighted by Crippen LogP contribution is -2.23. The lowest BCUT2D eigenvalue weighted by atomic mass is 10.1. The summed E-state index contributed by atoms with van der Waals surface area (Å²) in [4.78, 5) is 7.03. The van der Waals surface area contributed by atoms with Crippen LogP contribution in [0.5, 0.6) is 0 Å². The van der Waals surface area contributed by atoms with Gasteiger partial charge in [0, 0.05) is 31.8 Å². The number of aromatic nitrogens is 1.